The van der Waals surface area contributed by atoms with Gasteiger partial charge in [0.1, 0.15) is 34.4 Å². The molecule has 0 amide bonds. The number of halogens is 15. The number of rotatable bonds is 29. The molecule has 0 radical (unpaired) electrons. The monoisotopic (exact) mass is 2200 g/mol. The van der Waals surface area contributed by atoms with Crippen molar-refractivity contribution >= 4 is 226 Å². The van der Waals surface area contributed by atoms with E-state index in [4.69, 9.17) is 97.6 Å². The molecular formula is C95H87BrCl8F6N9NaO14S4. The van der Waals surface area contributed by atoms with Gasteiger partial charge >= 0.3 is 29.6 Å². The topological polar surface area (TPSA) is 359 Å². The number of nitrogen functional groups attached to an aromatic ring is 1. The number of carbonyl (C=O) groups is 5. The van der Waals surface area contributed by atoms with Gasteiger partial charge in [0, 0.05) is 112 Å². The number of alkyl halides is 1. The zero-order chi connectivity index (χ0) is 100. The summed E-state index contributed by atoms with van der Waals surface area (Å²) in [7, 11) is -10.1. The molecule has 0 saturated heterocycles. The number of nitrogens with two attached hydrogens (primary N) is 1. The number of sulfonamides is 2. The minimum atomic E-state index is -3.98. The summed E-state index contributed by atoms with van der Waals surface area (Å²) in [6.45, 7) is 9.55. The molecule has 6 heterocycles. The Morgan fingerprint density at radius 2 is 0.746 bits per heavy atom. The molecular weight excluding hydrogens is 2120 g/mol. The van der Waals surface area contributed by atoms with Gasteiger partial charge in [0.05, 0.1) is 103 Å². The van der Waals surface area contributed by atoms with E-state index in [1.807, 2.05) is 20.8 Å². The molecule has 0 atom stereocenters. The van der Waals surface area contributed by atoms with Gasteiger partial charge in [0.15, 0.2) is 17.5 Å². The summed E-state index contributed by atoms with van der Waals surface area (Å²) in [6.07, 6.45) is 15.4. The van der Waals surface area contributed by atoms with E-state index in [1.165, 1.54) is 55.7 Å². The first-order chi connectivity index (χ1) is 64.3. The third-order valence-corrected chi connectivity index (χ3v) is 27.2. The van der Waals surface area contributed by atoms with Crippen LogP contribution >= 0.6 is 108 Å². The summed E-state index contributed by atoms with van der Waals surface area (Å²) in [6, 6.07) is 39.9. The van der Waals surface area contributed by atoms with Gasteiger partial charge in [-0.05, 0) is 164 Å². The number of fused-ring (bicyclic) bond motifs is 3. The molecule has 0 aliphatic rings. The van der Waals surface area contributed by atoms with Crippen molar-refractivity contribution in [1.82, 2.24) is 29.1 Å². The number of nitrogens with zero attached hydrogens (tertiary/aromatic N) is 5. The first-order valence-corrected chi connectivity index (χ1v) is 52.5. The second-order valence-electron chi connectivity index (χ2n) is 29.8. The number of nitrogens with one attached hydrogen (secondary N) is 3. The minimum Gasteiger partial charge on any atom is -0.748 e. The van der Waals surface area contributed by atoms with Gasteiger partial charge in [-0.1, -0.05) is 220 Å². The number of carbonyl (C=O) groups excluding carboxylic acids is 5. The first kappa shape index (κ1) is 116. The predicted molar refractivity (Wildman–Crippen MR) is 537 cm³/mol. The van der Waals surface area contributed by atoms with Crippen LogP contribution in [-0.2, 0) is 39.2 Å². The van der Waals surface area contributed by atoms with Crippen molar-refractivity contribution in [3.63, 3.8) is 0 Å². The number of aromatic amines is 1. The van der Waals surface area contributed by atoms with Crippen molar-refractivity contribution in [3.05, 3.63) is 316 Å². The van der Waals surface area contributed by atoms with Gasteiger partial charge in [-0.25, -0.2) is 75.0 Å². The summed E-state index contributed by atoms with van der Waals surface area (Å²) < 4.78 is 195. The fraction of sp³-hybridized carbons (Fsp3) is 0.221. The number of hydrogen-bond donors (Lipinski definition) is 4. The van der Waals surface area contributed by atoms with Crippen molar-refractivity contribution in [2.24, 2.45) is 0 Å². The Kier molecular flexibility index (Phi) is 44.0. The average molecular weight is 2210 g/mol. The number of ketones is 3. The predicted octanol–water partition coefficient (Wildman–Crippen LogP) is 23.3. The second-order valence-corrected chi connectivity index (χ2v) is 41.7. The molecule has 0 bridgehead atoms. The molecule has 138 heavy (non-hydrogen) atoms. The van der Waals surface area contributed by atoms with Gasteiger partial charge in [-0.2, -0.15) is 0 Å². The molecule has 23 nitrogen and oxygen atoms in total. The molecule has 0 aliphatic heterocycles. The normalized spacial score (nSPS) is 11.2. The van der Waals surface area contributed by atoms with Crippen LogP contribution in [0.4, 0.5) is 43.4 Å². The van der Waals surface area contributed by atoms with Crippen molar-refractivity contribution < 1.29 is 118 Å². The SMILES string of the molecule is C.CCCCBr.CCCCS(=O)(=O)Cl.CCCCS(=O)(=O)Nc1ccc(F)c(C(=O)c2c[nH]c3ncc(-c4ccc(Cl)cc4)cc23)c1F.CCCCS(=O)(=O)Nc1ccc(F)c(C(=O)c2cn(C(=O)c3c(Cl)cccc3Cl)c3ncc(-c4ccc(Cl)cc4)cc23)c1F.CCCCS(=O)(=O)[O-].Nc1ccc(F)c(C(=O)c2cn(C(=O)c3c(Cl)cccc3Cl)c3ncc(-c4ccc(Cl)cc4)cc23)c1F.[Na+]. The molecule has 5 N–H and O–H groups in total. The Hall–Kier alpha value is -9.28. The molecule has 8 aromatic carbocycles. The van der Waals surface area contributed by atoms with E-state index in [9.17, 15) is 75.4 Å². The van der Waals surface area contributed by atoms with Crippen molar-refractivity contribution in [2.45, 2.75) is 106 Å². The van der Waals surface area contributed by atoms with E-state index >= 15 is 13.2 Å². The molecule has 0 fully saturated rings. The number of pyridine rings is 3. The average Bonchev–Trinajstić information content (AvgIpc) is 1.58. The largest absolute Gasteiger partial charge is 1.00 e. The van der Waals surface area contributed by atoms with Gasteiger partial charge in [-0.15, -0.1) is 0 Å². The summed E-state index contributed by atoms with van der Waals surface area (Å²) in [5.41, 5.74) is 5.22. The van der Waals surface area contributed by atoms with E-state index in [-0.39, 0.29) is 130 Å². The number of unbranched alkanes of at least 4 members (excludes halogenated alkanes) is 5. The van der Waals surface area contributed by atoms with Crippen LogP contribution in [0.15, 0.2) is 201 Å². The molecule has 6 aromatic heterocycles. The van der Waals surface area contributed by atoms with Crippen LogP contribution in [0.5, 0.6) is 0 Å². The third-order valence-electron chi connectivity index (χ3n) is 19.9. The molecule has 0 unspecified atom stereocenters. The number of benzene rings is 8. The number of hydrogen-bond acceptors (Lipinski definition) is 18. The van der Waals surface area contributed by atoms with Crippen LogP contribution in [0.2, 0.25) is 35.2 Å². The molecule has 43 heteroatoms. The van der Waals surface area contributed by atoms with E-state index in [2.05, 4.69) is 52.2 Å². The summed E-state index contributed by atoms with van der Waals surface area (Å²) in [5, 5.41) is 3.60. The third kappa shape index (κ3) is 30.6. The molecule has 0 saturated carbocycles. The fourth-order valence-electron chi connectivity index (χ4n) is 12.9. The summed E-state index contributed by atoms with van der Waals surface area (Å²) >= 11 is 46.3. The van der Waals surface area contributed by atoms with E-state index < -0.39 is 137 Å². The van der Waals surface area contributed by atoms with Gasteiger partial charge < -0.3 is 15.3 Å². The molecule has 0 aliphatic carbocycles. The second kappa shape index (κ2) is 52.5. The Bertz CT molecular complexity index is 7210. The van der Waals surface area contributed by atoms with Crippen LogP contribution in [0.3, 0.4) is 0 Å². The van der Waals surface area contributed by atoms with Gasteiger partial charge in [0.2, 0.25) is 46.4 Å². The number of anilines is 3. The molecule has 14 rings (SSSR count). The fourth-order valence-corrected chi connectivity index (χ4v) is 19.0. The molecule has 14 aromatic rings. The van der Waals surface area contributed by atoms with Crippen molar-refractivity contribution in [2.75, 3.05) is 43.5 Å². The maximum Gasteiger partial charge on any atom is 1.00 e. The minimum absolute atomic E-state index is 0. The standard InChI is InChI=1S/C31H22Cl3F2N3O4S.C27H14Cl3F2N3O2.C24H20ClF2N3O3S.C4H9Br.C4H9ClO2S.C4H10O3S.CH4.Na/c1-2-3-13-44(42,43)38-25-12-11-24(35)27(28(25)36)29(40)21-16-39(31(41)26-22(33)5-4-6-23(26)34)30-20(21)14-18(15-37-30)17-7-9-19(32)10-8-17;28-15-6-4-13(5-7-15)14-10-16-17(25(36)23-20(31)8-9-21(33)24(23)32)12-35(26(16)34-11-14)27(37)22-18(29)2-1-3-19(22)30;1-2-3-10-34(32,33)30-20-9-8-19(26)21(22(20)27)23(31)18-13-29-24-17(18)11-15(12-28-24)14-4-6-16(25)7-5-14;1-2-3-4-5;2*1-2-3-4-8(5,6)7;;/h4-12,14-16,38H,2-3,13H2,1H3;1-12H,33H2;4-9,11-13,30H,2-3,10H2,1H3,(H,28,29);2-4H2,1H3;2-4H2,1H3;2-4H2,1H3,(H,5,6,7);1H4;/q;;;;;;;+1/p-1. The van der Waals surface area contributed by atoms with E-state index in [1.54, 1.807) is 116 Å². The number of H-pyrrole nitrogens is 1. The van der Waals surface area contributed by atoms with E-state index in [0.717, 1.165) is 81.7 Å². The zero-order valence-electron chi connectivity index (χ0n) is 73.5. The maximum atomic E-state index is 15.7. The summed E-state index contributed by atoms with van der Waals surface area (Å²) in [5.74, 6) is -12.5. The molecule has 726 valence electrons. The van der Waals surface area contributed by atoms with Crippen LogP contribution in [0.1, 0.15) is 175 Å². The number of aromatic nitrogens is 6. The van der Waals surface area contributed by atoms with Crippen LogP contribution in [0, 0.1) is 34.9 Å². The Labute approximate surface area is 864 Å². The maximum absolute atomic E-state index is 15.7. The summed E-state index contributed by atoms with van der Waals surface area (Å²) in [4.78, 5) is 83.8. The quantitative estimate of drug-likeness (QED) is 0.00643. The van der Waals surface area contributed by atoms with Gasteiger partial charge in [-0.3, -0.25) is 42.6 Å². The van der Waals surface area contributed by atoms with Crippen molar-refractivity contribution in [3.8, 4) is 33.4 Å². The van der Waals surface area contributed by atoms with Crippen LogP contribution < -0.4 is 44.7 Å². The van der Waals surface area contributed by atoms with Crippen molar-refractivity contribution in [1.29, 1.82) is 0 Å². The van der Waals surface area contributed by atoms with Crippen LogP contribution in [-0.4, -0.2) is 125 Å². The van der Waals surface area contributed by atoms with Gasteiger partial charge in [0.25, 0.3) is 11.8 Å². The zero-order valence-corrected chi connectivity index (χ0v) is 86.4. The van der Waals surface area contributed by atoms with E-state index in [0.29, 0.717) is 92.4 Å². The Morgan fingerprint density at radius 1 is 0.420 bits per heavy atom. The van der Waals surface area contributed by atoms with Crippen LogP contribution in [0.25, 0.3) is 66.5 Å². The Balaban J connectivity index is 0.000000254. The Morgan fingerprint density at radius 3 is 1.07 bits per heavy atom. The molecule has 0 spiro atoms. The smallest absolute Gasteiger partial charge is 0.748 e. The first-order valence-electron chi connectivity index (χ1n) is 41.3.